The van der Waals surface area contributed by atoms with Gasteiger partial charge in [-0.05, 0) is 19.4 Å². The molecule has 2 nitrogen and oxygen atoms in total. The molecule has 0 rings (SSSR count). The summed E-state index contributed by atoms with van der Waals surface area (Å²) >= 11 is 0. The van der Waals surface area contributed by atoms with Crippen LogP contribution < -0.4 is 11.5 Å². The van der Waals surface area contributed by atoms with Crippen molar-refractivity contribution in [3.63, 3.8) is 0 Å². The minimum absolute atomic E-state index is 0. The first-order chi connectivity index (χ1) is 8.91. The first-order valence-electron chi connectivity index (χ1n) is 7.56. The SMILES string of the molecule is Cl.Cl.NCCCCCCCCCCCCSSCCN. The molecule has 0 aliphatic carbocycles. The molecule has 20 heavy (non-hydrogen) atoms. The molecule has 0 aliphatic rings. The molecule has 0 bridgehead atoms. The molecule has 126 valence electrons. The van der Waals surface area contributed by atoms with E-state index < -0.39 is 0 Å². The summed E-state index contributed by atoms with van der Waals surface area (Å²) in [6.07, 6.45) is 13.8. The Hall–Kier alpha value is 1.20. The summed E-state index contributed by atoms with van der Waals surface area (Å²) in [5, 5.41) is 0. The van der Waals surface area contributed by atoms with Gasteiger partial charge in [0.1, 0.15) is 0 Å². The Labute approximate surface area is 146 Å². The minimum atomic E-state index is 0. The third-order valence-corrected chi connectivity index (χ3v) is 5.49. The van der Waals surface area contributed by atoms with Crippen molar-refractivity contribution < 1.29 is 0 Å². The summed E-state index contributed by atoms with van der Waals surface area (Å²) in [5.74, 6) is 2.39. The Balaban J connectivity index is -0.00000144. The number of hydrogen-bond donors (Lipinski definition) is 2. The van der Waals surface area contributed by atoms with E-state index >= 15 is 0 Å². The fourth-order valence-electron chi connectivity index (χ4n) is 1.89. The molecule has 0 fully saturated rings. The van der Waals surface area contributed by atoms with Crippen molar-refractivity contribution in [2.75, 3.05) is 24.6 Å². The summed E-state index contributed by atoms with van der Waals surface area (Å²) in [4.78, 5) is 0. The highest BCUT2D eigenvalue weighted by Crippen LogP contribution is 2.22. The third-order valence-electron chi connectivity index (χ3n) is 2.97. The lowest BCUT2D eigenvalue weighted by atomic mass is 10.1. The largest absolute Gasteiger partial charge is 0.330 e. The molecular weight excluding hydrogens is 331 g/mol. The zero-order valence-electron chi connectivity index (χ0n) is 12.7. The van der Waals surface area contributed by atoms with Gasteiger partial charge in [-0.1, -0.05) is 73.0 Å². The van der Waals surface area contributed by atoms with Crippen LogP contribution >= 0.6 is 46.4 Å². The van der Waals surface area contributed by atoms with E-state index in [4.69, 9.17) is 11.5 Å². The highest BCUT2D eigenvalue weighted by Gasteiger charge is 1.94. The van der Waals surface area contributed by atoms with Crippen molar-refractivity contribution in [3.8, 4) is 0 Å². The summed E-state index contributed by atoms with van der Waals surface area (Å²) in [6, 6.07) is 0. The first-order valence-corrected chi connectivity index (χ1v) is 10.0. The minimum Gasteiger partial charge on any atom is -0.330 e. The third kappa shape index (κ3) is 24.2. The molecule has 6 heteroatoms. The molecule has 0 aromatic carbocycles. The fraction of sp³-hybridized carbons (Fsp3) is 1.00. The van der Waals surface area contributed by atoms with Crippen LogP contribution in [0.3, 0.4) is 0 Å². The Kier molecular flexibility index (Phi) is 32.9. The maximum atomic E-state index is 5.47. The van der Waals surface area contributed by atoms with Gasteiger partial charge in [0.2, 0.25) is 0 Å². The number of unbranched alkanes of at least 4 members (excludes halogenated alkanes) is 9. The van der Waals surface area contributed by atoms with E-state index in [9.17, 15) is 0 Å². The summed E-state index contributed by atoms with van der Waals surface area (Å²) in [5.41, 5.74) is 10.9. The zero-order valence-corrected chi connectivity index (χ0v) is 16.0. The lowest BCUT2D eigenvalue weighted by molar-refractivity contribution is 0.559. The van der Waals surface area contributed by atoms with Gasteiger partial charge >= 0.3 is 0 Å². The van der Waals surface area contributed by atoms with E-state index in [-0.39, 0.29) is 24.8 Å². The monoisotopic (exact) mass is 364 g/mol. The lowest BCUT2D eigenvalue weighted by Crippen LogP contribution is -1.99. The zero-order chi connectivity index (χ0) is 13.3. The topological polar surface area (TPSA) is 52.0 Å². The van der Waals surface area contributed by atoms with Crippen molar-refractivity contribution in [2.24, 2.45) is 11.5 Å². The Morgan fingerprint density at radius 3 is 1.30 bits per heavy atom. The van der Waals surface area contributed by atoms with E-state index in [1.54, 1.807) is 0 Å². The molecular formula is C14H34Cl2N2S2. The van der Waals surface area contributed by atoms with Crippen molar-refractivity contribution in [1.29, 1.82) is 0 Å². The predicted molar refractivity (Wildman–Crippen MR) is 104 cm³/mol. The van der Waals surface area contributed by atoms with E-state index in [0.717, 1.165) is 18.8 Å². The maximum Gasteiger partial charge on any atom is 0.0160 e. The van der Waals surface area contributed by atoms with Crippen molar-refractivity contribution in [2.45, 2.75) is 64.2 Å². The van der Waals surface area contributed by atoms with E-state index in [1.807, 2.05) is 21.6 Å². The van der Waals surface area contributed by atoms with E-state index in [0.29, 0.717) is 0 Å². The van der Waals surface area contributed by atoms with Gasteiger partial charge in [-0.2, -0.15) is 0 Å². The maximum absolute atomic E-state index is 5.47. The van der Waals surface area contributed by atoms with Gasteiger partial charge in [-0.25, -0.2) is 0 Å². The van der Waals surface area contributed by atoms with Crippen molar-refractivity contribution in [3.05, 3.63) is 0 Å². The molecule has 0 aromatic rings. The molecule has 0 aliphatic heterocycles. The molecule has 0 saturated heterocycles. The molecule has 0 atom stereocenters. The Morgan fingerprint density at radius 2 is 0.850 bits per heavy atom. The molecule has 0 aromatic heterocycles. The normalized spacial score (nSPS) is 9.90. The van der Waals surface area contributed by atoms with Gasteiger partial charge in [0.15, 0.2) is 0 Å². The quantitative estimate of drug-likeness (QED) is 0.316. The molecule has 0 radical (unpaired) electrons. The number of halogens is 2. The van der Waals surface area contributed by atoms with Crippen LogP contribution in [-0.4, -0.2) is 24.6 Å². The first kappa shape index (κ1) is 26.1. The van der Waals surface area contributed by atoms with Crippen LogP contribution in [-0.2, 0) is 0 Å². The molecule has 4 N–H and O–H groups in total. The van der Waals surface area contributed by atoms with Crippen molar-refractivity contribution >= 4 is 46.4 Å². The van der Waals surface area contributed by atoms with Crippen LogP contribution in [0.15, 0.2) is 0 Å². The van der Waals surface area contributed by atoms with Gasteiger partial charge in [-0.3, -0.25) is 0 Å². The molecule has 0 heterocycles. The van der Waals surface area contributed by atoms with Crippen LogP contribution in [0.5, 0.6) is 0 Å². The predicted octanol–water partition coefficient (Wildman–Crippen LogP) is 5.03. The summed E-state index contributed by atoms with van der Waals surface area (Å²) in [6.45, 7) is 1.67. The van der Waals surface area contributed by atoms with Gasteiger partial charge in [0, 0.05) is 18.1 Å². The lowest BCUT2D eigenvalue weighted by Gasteiger charge is -2.02. The number of hydrogen-bond acceptors (Lipinski definition) is 4. The average molecular weight is 365 g/mol. The van der Waals surface area contributed by atoms with Gasteiger partial charge in [0.25, 0.3) is 0 Å². The van der Waals surface area contributed by atoms with E-state index in [2.05, 4.69) is 0 Å². The molecule has 0 amide bonds. The van der Waals surface area contributed by atoms with Gasteiger partial charge in [0.05, 0.1) is 0 Å². The van der Waals surface area contributed by atoms with Gasteiger partial charge in [-0.15, -0.1) is 24.8 Å². The summed E-state index contributed by atoms with van der Waals surface area (Å²) in [7, 11) is 3.90. The van der Waals surface area contributed by atoms with Crippen LogP contribution in [0.2, 0.25) is 0 Å². The standard InChI is InChI=1S/C14H32N2S2.2ClH/c15-11-9-7-5-3-1-2-4-6-8-10-13-17-18-14-12-16;;/h1-16H2;2*1H. The average Bonchev–Trinajstić information content (AvgIpc) is 2.39. The fourth-order valence-corrected chi connectivity index (χ4v) is 3.89. The summed E-state index contributed by atoms with van der Waals surface area (Å²) < 4.78 is 0. The van der Waals surface area contributed by atoms with Crippen LogP contribution in [0, 0.1) is 0 Å². The smallest absolute Gasteiger partial charge is 0.0160 e. The van der Waals surface area contributed by atoms with Gasteiger partial charge < -0.3 is 11.5 Å². The van der Waals surface area contributed by atoms with Crippen LogP contribution in [0.4, 0.5) is 0 Å². The molecule has 0 spiro atoms. The van der Waals surface area contributed by atoms with Crippen molar-refractivity contribution in [1.82, 2.24) is 0 Å². The van der Waals surface area contributed by atoms with Crippen LogP contribution in [0.25, 0.3) is 0 Å². The number of nitrogens with two attached hydrogens (primary N) is 2. The highest BCUT2D eigenvalue weighted by molar-refractivity contribution is 8.76. The Bertz CT molecular complexity index is 139. The highest BCUT2D eigenvalue weighted by atomic mass is 35.5. The second-order valence-electron chi connectivity index (χ2n) is 4.76. The number of rotatable bonds is 15. The second kappa shape index (κ2) is 25.2. The Morgan fingerprint density at radius 1 is 0.450 bits per heavy atom. The second-order valence-corrected chi connectivity index (χ2v) is 7.46. The molecule has 0 saturated carbocycles. The molecule has 0 unspecified atom stereocenters. The van der Waals surface area contributed by atoms with E-state index in [1.165, 1.54) is 70.0 Å². The van der Waals surface area contributed by atoms with Crippen LogP contribution in [0.1, 0.15) is 64.2 Å².